The lowest BCUT2D eigenvalue weighted by Crippen LogP contribution is -2.56. The Kier molecular flexibility index (Phi) is 13.7. The number of benzene rings is 1. The summed E-state index contributed by atoms with van der Waals surface area (Å²) in [4.78, 5) is 58.4. The number of nitrogens with zero attached hydrogens (tertiary/aromatic N) is 3. The van der Waals surface area contributed by atoms with Crippen molar-refractivity contribution in [1.82, 2.24) is 20.1 Å². The molecule has 0 aliphatic carbocycles. The monoisotopic (exact) mass is 596 g/mol. The highest BCUT2D eigenvalue weighted by atomic mass is 16.6. The fourth-order valence-electron chi connectivity index (χ4n) is 4.66. The minimum absolute atomic E-state index is 0.0625. The van der Waals surface area contributed by atoms with E-state index in [1.165, 1.54) is 6.07 Å². The number of rotatable bonds is 16. The summed E-state index contributed by atoms with van der Waals surface area (Å²) < 4.78 is 11.2. The first-order valence-corrected chi connectivity index (χ1v) is 15.3. The summed E-state index contributed by atoms with van der Waals surface area (Å²) in [6.45, 7) is 6.10. The average Bonchev–Trinajstić information content (AvgIpc) is 3.02. The first kappa shape index (κ1) is 33.4. The van der Waals surface area contributed by atoms with Gasteiger partial charge < -0.3 is 29.7 Å². The molecule has 1 fully saturated rings. The Labute approximate surface area is 253 Å². The molecule has 2 heterocycles. The van der Waals surface area contributed by atoms with Crippen LogP contribution in [0.3, 0.4) is 0 Å². The number of hydrogen-bond acceptors (Lipinski definition) is 7. The van der Waals surface area contributed by atoms with Gasteiger partial charge in [0, 0.05) is 50.3 Å². The van der Waals surface area contributed by atoms with Gasteiger partial charge in [-0.05, 0) is 19.3 Å². The van der Waals surface area contributed by atoms with Crippen LogP contribution in [0.5, 0.6) is 5.75 Å². The number of aliphatic carboxylic acids is 1. The topological polar surface area (TPSA) is 138 Å². The van der Waals surface area contributed by atoms with Crippen molar-refractivity contribution in [2.24, 2.45) is 0 Å². The van der Waals surface area contributed by atoms with Crippen LogP contribution in [0.1, 0.15) is 75.7 Å². The summed E-state index contributed by atoms with van der Waals surface area (Å²) in [6.07, 6.45) is 5.03. The molecule has 0 radical (unpaired) electrons. The van der Waals surface area contributed by atoms with Gasteiger partial charge >= 0.3 is 12.1 Å². The molecule has 0 saturated carbocycles. The molecule has 2 aromatic rings. The van der Waals surface area contributed by atoms with E-state index in [0.717, 1.165) is 44.1 Å². The van der Waals surface area contributed by atoms with E-state index in [-0.39, 0.29) is 44.7 Å². The van der Waals surface area contributed by atoms with Gasteiger partial charge in [0.2, 0.25) is 5.91 Å². The first-order valence-electron chi connectivity index (χ1n) is 15.3. The molecule has 2 N–H and O–H groups in total. The van der Waals surface area contributed by atoms with Crippen molar-refractivity contribution in [1.29, 1.82) is 0 Å². The van der Waals surface area contributed by atoms with Crippen molar-refractivity contribution < 1.29 is 33.8 Å². The van der Waals surface area contributed by atoms with Crippen molar-refractivity contribution in [2.45, 2.75) is 71.3 Å². The maximum absolute atomic E-state index is 13.5. The molecule has 1 saturated heterocycles. The standard InChI is InChI=1S/C32H44N4O7/c1-3-5-7-11-21-43-32(41)36-18-16-35(17-19-36)31(40)26(14-15-29(37)38)34-30(39)28-23-25(42-20-6-4-2)22-27(33-28)24-12-9-8-10-13-24/h8-10,12-13,22-23,26H,3-7,11,14-21H2,1-2H3,(H,34,39)(H,37,38)/t26-/m0/s1. The normalized spacial score (nSPS) is 13.7. The minimum atomic E-state index is -1.08. The average molecular weight is 597 g/mol. The minimum Gasteiger partial charge on any atom is -0.493 e. The Morgan fingerprint density at radius 1 is 0.907 bits per heavy atom. The number of ether oxygens (including phenoxy) is 2. The Morgan fingerprint density at radius 2 is 1.60 bits per heavy atom. The van der Waals surface area contributed by atoms with Crippen LogP contribution in [-0.2, 0) is 14.3 Å². The molecule has 0 spiro atoms. The van der Waals surface area contributed by atoms with E-state index in [1.807, 2.05) is 30.3 Å². The maximum atomic E-state index is 13.5. The number of nitrogens with one attached hydrogen (secondary N) is 1. The molecule has 1 aromatic heterocycles. The van der Waals surface area contributed by atoms with Crippen LogP contribution in [0.25, 0.3) is 11.3 Å². The fourth-order valence-corrected chi connectivity index (χ4v) is 4.66. The highest BCUT2D eigenvalue weighted by Crippen LogP contribution is 2.24. The number of amides is 3. The van der Waals surface area contributed by atoms with Gasteiger partial charge in [0.15, 0.2) is 0 Å². The molecule has 3 amide bonds. The van der Waals surface area contributed by atoms with Crippen LogP contribution in [-0.4, -0.2) is 89.2 Å². The molecular formula is C32H44N4O7. The third-order valence-corrected chi connectivity index (χ3v) is 7.19. The van der Waals surface area contributed by atoms with Gasteiger partial charge in [-0.15, -0.1) is 0 Å². The molecule has 0 bridgehead atoms. The number of piperazine rings is 1. The lowest BCUT2D eigenvalue weighted by atomic mass is 10.1. The SMILES string of the molecule is CCCCCCOC(=O)N1CCN(C(=O)[C@H](CCC(=O)O)NC(=O)c2cc(OCCCC)cc(-c3ccccc3)n2)CC1. The maximum Gasteiger partial charge on any atom is 0.409 e. The van der Waals surface area contributed by atoms with Crippen molar-refractivity contribution in [2.75, 3.05) is 39.4 Å². The fraction of sp³-hybridized carbons (Fsp3) is 0.531. The highest BCUT2D eigenvalue weighted by molar-refractivity contribution is 5.97. The lowest BCUT2D eigenvalue weighted by molar-refractivity contribution is -0.138. The molecular weight excluding hydrogens is 552 g/mol. The number of unbranched alkanes of at least 4 members (excludes halogenated alkanes) is 4. The summed E-state index contributed by atoms with van der Waals surface area (Å²) in [5.74, 6) is -1.60. The zero-order valence-electron chi connectivity index (χ0n) is 25.3. The quantitative estimate of drug-likeness (QED) is 0.265. The largest absolute Gasteiger partial charge is 0.493 e. The van der Waals surface area contributed by atoms with E-state index >= 15 is 0 Å². The number of hydrogen-bond donors (Lipinski definition) is 2. The molecule has 43 heavy (non-hydrogen) atoms. The summed E-state index contributed by atoms with van der Waals surface area (Å²) in [5.41, 5.74) is 1.40. The van der Waals surface area contributed by atoms with Crippen molar-refractivity contribution in [3.05, 3.63) is 48.2 Å². The highest BCUT2D eigenvalue weighted by Gasteiger charge is 2.31. The molecule has 234 valence electrons. The number of carboxylic acids is 1. The second kappa shape index (κ2) is 17.7. The predicted molar refractivity (Wildman–Crippen MR) is 162 cm³/mol. The van der Waals surface area contributed by atoms with Crippen molar-refractivity contribution in [3.8, 4) is 17.0 Å². The summed E-state index contributed by atoms with van der Waals surface area (Å²) in [5, 5.41) is 12.0. The van der Waals surface area contributed by atoms with Crippen LogP contribution >= 0.6 is 0 Å². The van der Waals surface area contributed by atoms with Gasteiger partial charge in [-0.2, -0.15) is 0 Å². The zero-order chi connectivity index (χ0) is 31.0. The Balaban J connectivity index is 1.69. The van der Waals surface area contributed by atoms with E-state index in [9.17, 15) is 24.3 Å². The molecule has 3 rings (SSSR count). The zero-order valence-corrected chi connectivity index (χ0v) is 25.3. The van der Waals surface area contributed by atoms with Gasteiger partial charge in [-0.1, -0.05) is 69.9 Å². The van der Waals surface area contributed by atoms with Crippen molar-refractivity contribution in [3.63, 3.8) is 0 Å². The smallest absolute Gasteiger partial charge is 0.409 e. The van der Waals surface area contributed by atoms with Crippen LogP contribution in [0.2, 0.25) is 0 Å². The number of aromatic nitrogens is 1. The van der Waals surface area contributed by atoms with Gasteiger partial charge in [-0.25, -0.2) is 9.78 Å². The summed E-state index contributed by atoms with van der Waals surface area (Å²) in [6, 6.07) is 11.6. The van der Waals surface area contributed by atoms with E-state index in [0.29, 0.717) is 24.7 Å². The number of pyridine rings is 1. The third-order valence-electron chi connectivity index (χ3n) is 7.19. The van der Waals surface area contributed by atoms with Gasteiger partial charge in [0.05, 0.1) is 18.9 Å². The van der Waals surface area contributed by atoms with Crippen LogP contribution in [0.15, 0.2) is 42.5 Å². The summed E-state index contributed by atoms with van der Waals surface area (Å²) >= 11 is 0. The molecule has 11 heteroatoms. The lowest BCUT2D eigenvalue weighted by Gasteiger charge is -2.36. The second-order valence-electron chi connectivity index (χ2n) is 10.6. The molecule has 0 unspecified atom stereocenters. The Bertz CT molecular complexity index is 1200. The number of carbonyl (C=O) groups is 4. The molecule has 1 aromatic carbocycles. The van der Waals surface area contributed by atoms with Crippen LogP contribution in [0.4, 0.5) is 4.79 Å². The number of carbonyl (C=O) groups excluding carboxylic acids is 3. The van der Waals surface area contributed by atoms with E-state index in [1.54, 1.807) is 15.9 Å². The molecule has 1 aliphatic heterocycles. The summed E-state index contributed by atoms with van der Waals surface area (Å²) in [7, 11) is 0. The van der Waals surface area contributed by atoms with E-state index in [2.05, 4.69) is 24.1 Å². The Hall–Kier alpha value is -4.15. The Morgan fingerprint density at radius 3 is 2.28 bits per heavy atom. The first-order chi connectivity index (χ1) is 20.8. The third kappa shape index (κ3) is 10.9. The van der Waals surface area contributed by atoms with Crippen LogP contribution < -0.4 is 10.1 Å². The second-order valence-corrected chi connectivity index (χ2v) is 10.6. The van der Waals surface area contributed by atoms with Gasteiger partial charge in [0.25, 0.3) is 5.91 Å². The molecule has 1 atom stereocenters. The van der Waals surface area contributed by atoms with Crippen LogP contribution in [0, 0.1) is 0 Å². The van der Waals surface area contributed by atoms with E-state index < -0.39 is 29.9 Å². The van der Waals surface area contributed by atoms with Crippen molar-refractivity contribution >= 4 is 23.9 Å². The molecule has 1 aliphatic rings. The molecule has 11 nitrogen and oxygen atoms in total. The predicted octanol–water partition coefficient (Wildman–Crippen LogP) is 4.75. The van der Waals surface area contributed by atoms with Gasteiger partial charge in [-0.3, -0.25) is 14.4 Å². The van der Waals surface area contributed by atoms with E-state index in [4.69, 9.17) is 9.47 Å². The number of carboxylic acid groups (broad SMARTS) is 1. The van der Waals surface area contributed by atoms with Gasteiger partial charge in [0.1, 0.15) is 17.5 Å².